The summed E-state index contributed by atoms with van der Waals surface area (Å²) in [5, 5.41) is 0. The number of hydrogen-bond acceptors (Lipinski definition) is 3. The molecule has 0 radical (unpaired) electrons. The van der Waals surface area contributed by atoms with Crippen LogP contribution in [0, 0.1) is 5.92 Å². The van der Waals surface area contributed by atoms with Crippen LogP contribution in [-0.2, 0) is 22.6 Å². The van der Waals surface area contributed by atoms with Gasteiger partial charge in [-0.2, -0.15) is 0 Å². The molecule has 0 aliphatic carbocycles. The summed E-state index contributed by atoms with van der Waals surface area (Å²) in [7, 11) is 0. The molecule has 0 spiro atoms. The number of hydrogen-bond donors (Lipinski definition) is 0. The van der Waals surface area contributed by atoms with Crippen molar-refractivity contribution >= 4 is 11.8 Å². The molecule has 0 saturated carbocycles. The third kappa shape index (κ3) is 5.59. The van der Waals surface area contributed by atoms with Crippen molar-refractivity contribution < 1.29 is 9.59 Å². The van der Waals surface area contributed by atoms with Crippen molar-refractivity contribution in [1.82, 2.24) is 14.7 Å². The predicted octanol–water partition coefficient (Wildman–Crippen LogP) is 3.08. The molecular weight excluding hydrogens is 362 g/mol. The minimum Gasteiger partial charge on any atom is -0.341 e. The van der Waals surface area contributed by atoms with Gasteiger partial charge in [0, 0.05) is 32.6 Å². The van der Waals surface area contributed by atoms with Crippen molar-refractivity contribution in [2.45, 2.75) is 57.9 Å². The molecule has 5 nitrogen and oxygen atoms in total. The van der Waals surface area contributed by atoms with Crippen molar-refractivity contribution in [1.29, 1.82) is 0 Å². The van der Waals surface area contributed by atoms with E-state index in [0.29, 0.717) is 12.3 Å². The van der Waals surface area contributed by atoms with Gasteiger partial charge in [0.15, 0.2) is 0 Å². The van der Waals surface area contributed by atoms with Crippen LogP contribution >= 0.6 is 0 Å². The Morgan fingerprint density at radius 2 is 1.55 bits per heavy atom. The molecule has 3 fully saturated rings. The predicted molar refractivity (Wildman–Crippen MR) is 114 cm³/mol. The van der Waals surface area contributed by atoms with E-state index in [4.69, 9.17) is 0 Å². The van der Waals surface area contributed by atoms with E-state index in [2.05, 4.69) is 29.2 Å². The maximum Gasteiger partial charge on any atom is 0.242 e. The first-order valence-corrected chi connectivity index (χ1v) is 11.5. The van der Waals surface area contributed by atoms with Crippen LogP contribution in [0.1, 0.15) is 56.1 Å². The van der Waals surface area contributed by atoms with Crippen molar-refractivity contribution in [2.75, 3.05) is 39.3 Å². The van der Waals surface area contributed by atoms with E-state index in [-0.39, 0.29) is 18.4 Å². The first-order valence-electron chi connectivity index (χ1n) is 11.5. The molecule has 158 valence electrons. The standard InChI is InChI=1S/C24H35N3O2/c28-23-5-4-14-27(23)19-24(29)26-15-10-21(11-16-26)17-20-6-8-22(9-7-20)18-25-12-2-1-3-13-25/h6-9,21H,1-5,10-19H2. The third-order valence-corrected chi connectivity index (χ3v) is 6.87. The summed E-state index contributed by atoms with van der Waals surface area (Å²) in [5.41, 5.74) is 2.84. The Balaban J connectivity index is 1.20. The summed E-state index contributed by atoms with van der Waals surface area (Å²) < 4.78 is 0. The molecular formula is C24H35N3O2. The van der Waals surface area contributed by atoms with Gasteiger partial charge in [-0.3, -0.25) is 14.5 Å². The Labute approximate surface area is 175 Å². The molecule has 0 aromatic heterocycles. The molecule has 1 aromatic rings. The number of benzene rings is 1. The molecule has 4 rings (SSSR count). The van der Waals surface area contributed by atoms with E-state index in [1.54, 1.807) is 4.90 Å². The number of amides is 2. The number of rotatable bonds is 6. The van der Waals surface area contributed by atoms with E-state index < -0.39 is 0 Å². The summed E-state index contributed by atoms with van der Waals surface area (Å²) in [4.78, 5) is 30.5. The monoisotopic (exact) mass is 397 g/mol. The topological polar surface area (TPSA) is 43.9 Å². The molecule has 1 aromatic carbocycles. The molecule has 3 aliphatic rings. The zero-order chi connectivity index (χ0) is 20.1. The van der Waals surface area contributed by atoms with E-state index in [0.717, 1.165) is 51.9 Å². The number of likely N-dealkylation sites (tertiary alicyclic amines) is 3. The van der Waals surface area contributed by atoms with E-state index in [1.807, 2.05) is 4.90 Å². The number of nitrogens with zero attached hydrogens (tertiary/aromatic N) is 3. The Kier molecular flexibility index (Phi) is 6.86. The minimum atomic E-state index is 0.126. The van der Waals surface area contributed by atoms with Gasteiger partial charge in [0.2, 0.25) is 11.8 Å². The third-order valence-electron chi connectivity index (χ3n) is 6.87. The van der Waals surface area contributed by atoms with Crippen LogP contribution in [0.3, 0.4) is 0 Å². The van der Waals surface area contributed by atoms with E-state index in [9.17, 15) is 9.59 Å². The molecule has 0 atom stereocenters. The molecule has 3 aliphatic heterocycles. The van der Waals surface area contributed by atoms with Gasteiger partial charge in [-0.05, 0) is 68.7 Å². The van der Waals surface area contributed by atoms with Crippen LogP contribution in [0.25, 0.3) is 0 Å². The van der Waals surface area contributed by atoms with Gasteiger partial charge in [0.05, 0.1) is 6.54 Å². The summed E-state index contributed by atoms with van der Waals surface area (Å²) in [6, 6.07) is 9.21. The van der Waals surface area contributed by atoms with Crippen LogP contribution < -0.4 is 0 Å². The fraction of sp³-hybridized carbons (Fsp3) is 0.667. The number of carbonyl (C=O) groups is 2. The average molecular weight is 398 g/mol. The van der Waals surface area contributed by atoms with E-state index in [1.165, 1.54) is 43.5 Å². The Morgan fingerprint density at radius 1 is 0.862 bits per heavy atom. The highest BCUT2D eigenvalue weighted by Crippen LogP contribution is 2.23. The Morgan fingerprint density at radius 3 is 2.21 bits per heavy atom. The van der Waals surface area contributed by atoms with Gasteiger partial charge in [-0.25, -0.2) is 0 Å². The van der Waals surface area contributed by atoms with E-state index >= 15 is 0 Å². The zero-order valence-corrected chi connectivity index (χ0v) is 17.7. The molecule has 3 heterocycles. The smallest absolute Gasteiger partial charge is 0.242 e. The first-order chi connectivity index (χ1) is 14.2. The van der Waals surface area contributed by atoms with Crippen LogP contribution in [0.2, 0.25) is 0 Å². The van der Waals surface area contributed by atoms with Crippen LogP contribution in [0.15, 0.2) is 24.3 Å². The normalized spacial score (nSPS) is 21.7. The highest BCUT2D eigenvalue weighted by Gasteiger charge is 2.27. The summed E-state index contributed by atoms with van der Waals surface area (Å²) in [6.07, 6.45) is 8.80. The number of piperidine rings is 2. The molecule has 3 saturated heterocycles. The summed E-state index contributed by atoms with van der Waals surface area (Å²) in [5.74, 6) is 0.915. The Bertz CT molecular complexity index is 689. The second kappa shape index (κ2) is 9.75. The molecule has 0 bridgehead atoms. The highest BCUT2D eigenvalue weighted by molar-refractivity contribution is 5.85. The molecule has 5 heteroatoms. The average Bonchev–Trinajstić information content (AvgIpc) is 3.15. The second-order valence-electron chi connectivity index (χ2n) is 9.10. The lowest BCUT2D eigenvalue weighted by atomic mass is 9.90. The first kappa shape index (κ1) is 20.4. The summed E-state index contributed by atoms with van der Waals surface area (Å²) in [6.45, 7) is 6.25. The molecule has 29 heavy (non-hydrogen) atoms. The Hall–Kier alpha value is -1.88. The lowest BCUT2D eigenvalue weighted by molar-refractivity contribution is -0.139. The van der Waals surface area contributed by atoms with Crippen molar-refractivity contribution in [3.05, 3.63) is 35.4 Å². The van der Waals surface area contributed by atoms with Crippen LogP contribution in [0.4, 0.5) is 0 Å². The number of carbonyl (C=O) groups excluding carboxylic acids is 2. The maximum absolute atomic E-state index is 12.5. The lowest BCUT2D eigenvalue weighted by Gasteiger charge is -2.33. The fourth-order valence-electron chi connectivity index (χ4n) is 5.01. The van der Waals surface area contributed by atoms with Crippen molar-refractivity contribution in [3.63, 3.8) is 0 Å². The van der Waals surface area contributed by atoms with Gasteiger partial charge in [0.1, 0.15) is 0 Å². The maximum atomic E-state index is 12.5. The van der Waals surface area contributed by atoms with Gasteiger partial charge < -0.3 is 9.80 Å². The molecule has 0 unspecified atom stereocenters. The van der Waals surface area contributed by atoms with Gasteiger partial charge in [-0.1, -0.05) is 30.7 Å². The molecule has 0 N–H and O–H groups in total. The van der Waals surface area contributed by atoms with Crippen molar-refractivity contribution in [3.8, 4) is 0 Å². The van der Waals surface area contributed by atoms with Gasteiger partial charge in [-0.15, -0.1) is 0 Å². The molecule has 2 amide bonds. The highest BCUT2D eigenvalue weighted by atomic mass is 16.2. The van der Waals surface area contributed by atoms with Gasteiger partial charge >= 0.3 is 0 Å². The van der Waals surface area contributed by atoms with Crippen LogP contribution in [-0.4, -0.2) is 65.8 Å². The quantitative estimate of drug-likeness (QED) is 0.741. The SMILES string of the molecule is O=C(CN1CCCC1=O)N1CCC(Cc2ccc(CN3CCCCC3)cc2)CC1. The minimum absolute atomic E-state index is 0.126. The second-order valence-corrected chi connectivity index (χ2v) is 9.10. The van der Waals surface area contributed by atoms with Crippen molar-refractivity contribution in [2.24, 2.45) is 5.92 Å². The summed E-state index contributed by atoms with van der Waals surface area (Å²) >= 11 is 0. The lowest BCUT2D eigenvalue weighted by Crippen LogP contribution is -2.44. The zero-order valence-electron chi connectivity index (χ0n) is 17.7. The fourth-order valence-corrected chi connectivity index (χ4v) is 5.01. The largest absolute Gasteiger partial charge is 0.341 e. The van der Waals surface area contributed by atoms with Gasteiger partial charge in [0.25, 0.3) is 0 Å². The van der Waals surface area contributed by atoms with Crippen LogP contribution in [0.5, 0.6) is 0 Å².